The van der Waals surface area contributed by atoms with E-state index in [4.69, 9.17) is 19.9 Å². The first-order valence-corrected chi connectivity index (χ1v) is 7.96. The van der Waals surface area contributed by atoms with Gasteiger partial charge in [-0.3, -0.25) is 4.79 Å². The monoisotopic (exact) mass is 320 g/mol. The molecule has 6 nitrogen and oxygen atoms in total. The highest BCUT2D eigenvalue weighted by molar-refractivity contribution is 5.92. The average molecular weight is 320 g/mol. The summed E-state index contributed by atoms with van der Waals surface area (Å²) in [5.41, 5.74) is 5.45. The van der Waals surface area contributed by atoms with Crippen LogP contribution in [0, 0.1) is 0 Å². The van der Waals surface area contributed by atoms with Gasteiger partial charge in [-0.25, -0.2) is 0 Å². The number of benzene rings is 1. The highest BCUT2D eigenvalue weighted by Crippen LogP contribution is 2.43. The van der Waals surface area contributed by atoms with E-state index in [9.17, 15) is 4.79 Å². The lowest BCUT2D eigenvalue weighted by Gasteiger charge is -2.18. The summed E-state index contributed by atoms with van der Waals surface area (Å²) in [6, 6.07) is 3.58. The van der Waals surface area contributed by atoms with Crippen molar-refractivity contribution in [2.24, 2.45) is 5.73 Å². The maximum absolute atomic E-state index is 12.7. The molecule has 0 atom stereocenters. The Morgan fingerprint density at radius 2 is 1.65 bits per heavy atom. The zero-order valence-corrected chi connectivity index (χ0v) is 13.9. The Morgan fingerprint density at radius 1 is 1.00 bits per heavy atom. The highest BCUT2D eigenvalue weighted by atomic mass is 16.5. The van der Waals surface area contributed by atoms with Gasteiger partial charge in [0, 0.05) is 24.7 Å². The van der Waals surface area contributed by atoms with E-state index in [1.807, 2.05) is 26.8 Å². The van der Waals surface area contributed by atoms with Gasteiger partial charge in [-0.05, 0) is 32.9 Å². The van der Waals surface area contributed by atoms with Gasteiger partial charge >= 0.3 is 0 Å². The van der Waals surface area contributed by atoms with Gasteiger partial charge in [0.05, 0.1) is 25.2 Å². The van der Waals surface area contributed by atoms with Gasteiger partial charge in [0.25, 0.3) is 5.56 Å². The van der Waals surface area contributed by atoms with Gasteiger partial charge in [0.1, 0.15) is 0 Å². The van der Waals surface area contributed by atoms with E-state index in [1.54, 1.807) is 16.8 Å². The molecule has 2 N–H and O–H groups in total. The summed E-state index contributed by atoms with van der Waals surface area (Å²) in [7, 11) is 0. The minimum atomic E-state index is -0.113. The third-order valence-electron chi connectivity index (χ3n) is 3.40. The number of hydrogen-bond donors (Lipinski definition) is 1. The summed E-state index contributed by atoms with van der Waals surface area (Å²) in [5, 5.41) is 1.26. The van der Waals surface area contributed by atoms with Crippen molar-refractivity contribution >= 4 is 10.8 Å². The van der Waals surface area contributed by atoms with E-state index in [-0.39, 0.29) is 5.56 Å². The largest absolute Gasteiger partial charge is 0.490 e. The molecular weight excluding hydrogens is 296 g/mol. The number of pyridine rings is 1. The third-order valence-corrected chi connectivity index (χ3v) is 3.40. The fourth-order valence-corrected chi connectivity index (χ4v) is 2.51. The fraction of sp³-hybridized carbons (Fsp3) is 0.471. The van der Waals surface area contributed by atoms with Gasteiger partial charge in [-0.1, -0.05) is 0 Å². The number of nitrogens with zero attached hydrogens (tertiary/aromatic N) is 1. The first kappa shape index (κ1) is 17.1. The molecule has 126 valence electrons. The second kappa shape index (κ2) is 7.87. The Hall–Kier alpha value is -2.21. The minimum absolute atomic E-state index is 0.113. The Labute approximate surface area is 135 Å². The lowest BCUT2D eigenvalue weighted by molar-refractivity contribution is 0.263. The molecule has 1 heterocycles. The van der Waals surface area contributed by atoms with Crippen LogP contribution in [-0.2, 0) is 6.54 Å². The first-order valence-electron chi connectivity index (χ1n) is 7.96. The lowest BCUT2D eigenvalue weighted by atomic mass is 10.1. The number of hydrogen-bond acceptors (Lipinski definition) is 5. The Kier molecular flexibility index (Phi) is 5.87. The van der Waals surface area contributed by atoms with E-state index >= 15 is 0 Å². The van der Waals surface area contributed by atoms with Crippen molar-refractivity contribution in [1.29, 1.82) is 0 Å². The van der Waals surface area contributed by atoms with Crippen molar-refractivity contribution in [1.82, 2.24) is 4.57 Å². The SMILES string of the molecule is CCOc1cc2c(=O)n(CCN)ccc2c(OCC)c1OCC. The van der Waals surface area contributed by atoms with Gasteiger partial charge < -0.3 is 24.5 Å². The predicted molar refractivity (Wildman–Crippen MR) is 90.8 cm³/mol. The van der Waals surface area contributed by atoms with Crippen LogP contribution in [-0.4, -0.2) is 30.9 Å². The van der Waals surface area contributed by atoms with Crippen LogP contribution in [0.15, 0.2) is 23.1 Å². The topological polar surface area (TPSA) is 75.7 Å². The summed E-state index contributed by atoms with van der Waals surface area (Å²) in [6.45, 7) is 7.97. The van der Waals surface area contributed by atoms with E-state index in [0.29, 0.717) is 55.5 Å². The van der Waals surface area contributed by atoms with Crippen molar-refractivity contribution in [3.8, 4) is 17.2 Å². The molecule has 0 aliphatic heterocycles. The molecule has 2 aromatic rings. The zero-order chi connectivity index (χ0) is 16.8. The number of fused-ring (bicyclic) bond motifs is 1. The second-order valence-corrected chi connectivity index (χ2v) is 4.90. The molecule has 1 aromatic heterocycles. The van der Waals surface area contributed by atoms with Crippen molar-refractivity contribution in [2.75, 3.05) is 26.4 Å². The molecule has 1 aromatic carbocycles. The highest BCUT2D eigenvalue weighted by Gasteiger charge is 2.19. The van der Waals surface area contributed by atoms with E-state index in [0.717, 1.165) is 5.39 Å². The number of aromatic nitrogens is 1. The molecule has 0 radical (unpaired) electrons. The predicted octanol–water partition coefficient (Wildman–Crippen LogP) is 2.16. The fourth-order valence-electron chi connectivity index (χ4n) is 2.51. The second-order valence-electron chi connectivity index (χ2n) is 4.90. The standard InChI is InChI=1S/C17H24N2O4/c1-4-21-14-11-13-12(7-9-19(10-8-18)17(13)20)15(22-5-2)16(14)23-6-3/h7,9,11H,4-6,8,10,18H2,1-3H3. The molecule has 0 aliphatic carbocycles. The summed E-state index contributed by atoms with van der Waals surface area (Å²) in [4.78, 5) is 12.7. The number of rotatable bonds is 8. The quantitative estimate of drug-likeness (QED) is 0.806. The van der Waals surface area contributed by atoms with Crippen LogP contribution < -0.4 is 25.5 Å². The van der Waals surface area contributed by atoms with E-state index in [1.165, 1.54) is 0 Å². The van der Waals surface area contributed by atoms with Crippen molar-refractivity contribution < 1.29 is 14.2 Å². The van der Waals surface area contributed by atoms with Crippen LogP contribution >= 0.6 is 0 Å². The summed E-state index contributed by atoms with van der Waals surface area (Å²) < 4.78 is 18.7. The molecule has 2 rings (SSSR count). The lowest BCUT2D eigenvalue weighted by Crippen LogP contribution is -2.23. The molecule has 0 bridgehead atoms. The Bertz CT molecular complexity index is 725. The maximum atomic E-state index is 12.7. The smallest absolute Gasteiger partial charge is 0.258 e. The molecule has 0 aliphatic rings. The van der Waals surface area contributed by atoms with Crippen LogP contribution in [0.2, 0.25) is 0 Å². The van der Waals surface area contributed by atoms with Crippen molar-refractivity contribution in [3.63, 3.8) is 0 Å². The molecule has 0 spiro atoms. The third kappa shape index (κ3) is 3.42. The van der Waals surface area contributed by atoms with Crippen LogP contribution in [0.25, 0.3) is 10.8 Å². The molecule has 0 saturated heterocycles. The van der Waals surface area contributed by atoms with Crippen molar-refractivity contribution in [3.05, 3.63) is 28.7 Å². The summed E-state index contributed by atoms with van der Waals surface area (Å²) >= 11 is 0. The molecule has 0 fully saturated rings. The van der Waals surface area contributed by atoms with Crippen LogP contribution in [0.1, 0.15) is 20.8 Å². The maximum Gasteiger partial charge on any atom is 0.258 e. The molecular formula is C17H24N2O4. The van der Waals surface area contributed by atoms with Gasteiger partial charge in [0.15, 0.2) is 11.5 Å². The minimum Gasteiger partial charge on any atom is -0.490 e. The van der Waals surface area contributed by atoms with Crippen LogP contribution in [0.4, 0.5) is 0 Å². The van der Waals surface area contributed by atoms with E-state index in [2.05, 4.69) is 0 Å². The number of nitrogens with two attached hydrogens (primary N) is 1. The van der Waals surface area contributed by atoms with Crippen LogP contribution in [0.5, 0.6) is 17.2 Å². The van der Waals surface area contributed by atoms with Gasteiger partial charge in [0.2, 0.25) is 5.75 Å². The Balaban J connectivity index is 2.78. The molecule has 0 amide bonds. The molecule has 6 heteroatoms. The first-order chi connectivity index (χ1) is 11.2. The summed E-state index contributed by atoms with van der Waals surface area (Å²) in [6.07, 6.45) is 1.73. The van der Waals surface area contributed by atoms with Gasteiger partial charge in [-0.15, -0.1) is 0 Å². The molecule has 0 saturated carbocycles. The summed E-state index contributed by atoms with van der Waals surface area (Å²) in [5.74, 6) is 1.61. The number of ether oxygens (including phenoxy) is 3. The molecule has 23 heavy (non-hydrogen) atoms. The van der Waals surface area contributed by atoms with Crippen LogP contribution in [0.3, 0.4) is 0 Å². The normalized spacial score (nSPS) is 10.8. The van der Waals surface area contributed by atoms with Crippen molar-refractivity contribution in [2.45, 2.75) is 27.3 Å². The molecule has 0 unspecified atom stereocenters. The van der Waals surface area contributed by atoms with E-state index < -0.39 is 0 Å². The zero-order valence-electron chi connectivity index (χ0n) is 13.9. The average Bonchev–Trinajstić information content (AvgIpc) is 2.54. The van der Waals surface area contributed by atoms with Gasteiger partial charge in [-0.2, -0.15) is 0 Å². The Morgan fingerprint density at radius 3 is 2.26 bits per heavy atom.